The number of nitrogens with zero attached hydrogens (tertiary/aromatic N) is 2. The van der Waals surface area contributed by atoms with Gasteiger partial charge in [-0.3, -0.25) is 10.1 Å². The Balaban J connectivity index is 2.73. The summed E-state index contributed by atoms with van der Waals surface area (Å²) < 4.78 is 0. The summed E-state index contributed by atoms with van der Waals surface area (Å²) in [7, 11) is 0. The molecule has 0 saturated carbocycles. The van der Waals surface area contributed by atoms with Crippen molar-refractivity contribution in [3.8, 4) is 6.07 Å². The maximum absolute atomic E-state index is 10.7. The number of nitrogens with one attached hydrogen (secondary N) is 1. The van der Waals surface area contributed by atoms with Gasteiger partial charge in [0.25, 0.3) is 5.69 Å². The third-order valence-corrected chi connectivity index (χ3v) is 3.14. The molecule has 1 unspecified atom stereocenters. The predicted molar refractivity (Wildman–Crippen MR) is 76.4 cm³/mol. The summed E-state index contributed by atoms with van der Waals surface area (Å²) in [6, 6.07) is 6.25. The van der Waals surface area contributed by atoms with Gasteiger partial charge in [0.15, 0.2) is 0 Å². The van der Waals surface area contributed by atoms with Gasteiger partial charge in [0, 0.05) is 24.9 Å². The van der Waals surface area contributed by atoms with E-state index >= 15 is 0 Å². The lowest BCUT2D eigenvalue weighted by atomic mass is 10.00. The van der Waals surface area contributed by atoms with Crippen molar-refractivity contribution in [3.05, 3.63) is 33.9 Å². The molecular formula is C14H19N3O3. The van der Waals surface area contributed by atoms with Crippen molar-refractivity contribution in [1.29, 1.82) is 5.26 Å². The zero-order chi connectivity index (χ0) is 15.0. The number of aliphatic hydroxyl groups excluding tert-OH is 1. The topological polar surface area (TPSA) is 99.2 Å². The van der Waals surface area contributed by atoms with Crippen LogP contribution < -0.4 is 5.32 Å². The highest BCUT2D eigenvalue weighted by molar-refractivity contribution is 5.58. The van der Waals surface area contributed by atoms with E-state index in [1.807, 2.05) is 6.07 Å². The van der Waals surface area contributed by atoms with E-state index in [0.29, 0.717) is 18.2 Å². The van der Waals surface area contributed by atoms with Gasteiger partial charge in [-0.15, -0.1) is 0 Å². The zero-order valence-electron chi connectivity index (χ0n) is 11.5. The molecule has 0 fully saturated rings. The van der Waals surface area contributed by atoms with Crippen molar-refractivity contribution < 1.29 is 10.0 Å². The average molecular weight is 277 g/mol. The summed E-state index contributed by atoms with van der Waals surface area (Å²) in [6.07, 6.45) is 2.76. The number of nitro groups is 1. The predicted octanol–water partition coefficient (Wildman–Crippen LogP) is 2.68. The lowest BCUT2D eigenvalue weighted by Crippen LogP contribution is -2.15. The highest BCUT2D eigenvalue weighted by Crippen LogP contribution is 2.22. The fourth-order valence-corrected chi connectivity index (χ4v) is 2.10. The molecule has 0 amide bonds. The average Bonchev–Trinajstić information content (AvgIpc) is 2.44. The minimum Gasteiger partial charge on any atom is -0.396 e. The molecule has 1 rings (SSSR count). The maximum Gasteiger partial charge on any atom is 0.287 e. The molecular weight excluding hydrogens is 258 g/mol. The Hall–Kier alpha value is -2.13. The van der Waals surface area contributed by atoms with Gasteiger partial charge in [0.2, 0.25) is 0 Å². The Kier molecular flexibility index (Phi) is 6.47. The Morgan fingerprint density at radius 3 is 2.80 bits per heavy atom. The lowest BCUT2D eigenvalue weighted by molar-refractivity contribution is -0.385. The van der Waals surface area contributed by atoms with E-state index in [-0.39, 0.29) is 17.9 Å². The van der Waals surface area contributed by atoms with Gasteiger partial charge < -0.3 is 10.4 Å². The smallest absolute Gasteiger partial charge is 0.287 e. The molecule has 1 aromatic carbocycles. The molecule has 0 heterocycles. The Labute approximate surface area is 118 Å². The number of rotatable bonds is 8. The molecule has 0 radical (unpaired) electrons. The molecule has 108 valence electrons. The molecule has 2 N–H and O–H groups in total. The van der Waals surface area contributed by atoms with Crippen LogP contribution in [-0.4, -0.2) is 23.2 Å². The second-order valence-corrected chi connectivity index (χ2v) is 4.65. The van der Waals surface area contributed by atoms with E-state index in [4.69, 9.17) is 10.4 Å². The number of aliphatic hydroxyl groups is 1. The van der Waals surface area contributed by atoms with E-state index in [0.717, 1.165) is 19.3 Å². The van der Waals surface area contributed by atoms with Crippen molar-refractivity contribution in [2.45, 2.75) is 26.2 Å². The molecule has 6 nitrogen and oxygen atoms in total. The van der Waals surface area contributed by atoms with Gasteiger partial charge in [-0.2, -0.15) is 5.26 Å². The number of hydrogen-bond acceptors (Lipinski definition) is 5. The van der Waals surface area contributed by atoms with Gasteiger partial charge in [0.05, 0.1) is 4.92 Å². The number of hydrogen-bond donors (Lipinski definition) is 2. The number of nitriles is 1. The summed E-state index contributed by atoms with van der Waals surface area (Å²) in [5, 5.41) is 31.8. The molecule has 6 heteroatoms. The van der Waals surface area contributed by atoms with E-state index in [2.05, 4.69) is 12.2 Å². The summed E-state index contributed by atoms with van der Waals surface area (Å²) >= 11 is 0. The van der Waals surface area contributed by atoms with Crippen molar-refractivity contribution in [3.63, 3.8) is 0 Å². The van der Waals surface area contributed by atoms with Crippen LogP contribution >= 0.6 is 0 Å². The standard InChI is InChI=1S/C14H19N3O3/c1-2-3-11(6-7-18)10-16-13-4-5-14(17(19)20)12(8-13)9-15/h4-5,8,11,16,18H,2-3,6-7,10H2,1H3. The number of anilines is 1. The van der Waals surface area contributed by atoms with Gasteiger partial charge in [-0.05, 0) is 30.9 Å². The molecule has 0 aliphatic heterocycles. The fourth-order valence-electron chi connectivity index (χ4n) is 2.10. The van der Waals surface area contributed by atoms with Gasteiger partial charge in [-0.1, -0.05) is 13.3 Å². The maximum atomic E-state index is 10.7. The van der Waals surface area contributed by atoms with Crippen LogP contribution in [0.15, 0.2) is 18.2 Å². The van der Waals surface area contributed by atoms with E-state index in [1.165, 1.54) is 12.1 Å². The molecule has 0 bridgehead atoms. The second kappa shape index (κ2) is 8.12. The number of nitro benzene ring substituents is 1. The summed E-state index contributed by atoms with van der Waals surface area (Å²) in [5.41, 5.74) is 0.555. The fraction of sp³-hybridized carbons (Fsp3) is 0.500. The Morgan fingerprint density at radius 1 is 1.50 bits per heavy atom. The van der Waals surface area contributed by atoms with Gasteiger partial charge in [0.1, 0.15) is 11.6 Å². The van der Waals surface area contributed by atoms with E-state index in [1.54, 1.807) is 6.07 Å². The molecule has 20 heavy (non-hydrogen) atoms. The molecule has 0 spiro atoms. The molecule has 1 aromatic rings. The minimum absolute atomic E-state index is 0.0502. The first-order valence-electron chi connectivity index (χ1n) is 6.65. The van der Waals surface area contributed by atoms with Crippen LogP contribution in [0.1, 0.15) is 31.7 Å². The molecule has 0 aromatic heterocycles. The van der Waals surface area contributed by atoms with Crippen molar-refractivity contribution in [1.82, 2.24) is 0 Å². The number of benzene rings is 1. The normalized spacial score (nSPS) is 11.7. The van der Waals surface area contributed by atoms with Gasteiger partial charge >= 0.3 is 0 Å². The van der Waals surface area contributed by atoms with Crippen molar-refractivity contribution in [2.75, 3.05) is 18.5 Å². The summed E-state index contributed by atoms with van der Waals surface area (Å²) in [4.78, 5) is 10.2. The SMILES string of the molecule is CCCC(CCO)CNc1ccc([N+](=O)[O-])c(C#N)c1. The van der Waals surface area contributed by atoms with E-state index < -0.39 is 4.92 Å². The third-order valence-electron chi connectivity index (χ3n) is 3.14. The van der Waals surface area contributed by atoms with Crippen LogP contribution in [0.5, 0.6) is 0 Å². The lowest BCUT2D eigenvalue weighted by Gasteiger charge is -2.16. The summed E-state index contributed by atoms with van der Waals surface area (Å²) in [5.74, 6) is 0.353. The van der Waals surface area contributed by atoms with Crippen molar-refractivity contribution in [2.24, 2.45) is 5.92 Å². The van der Waals surface area contributed by atoms with Crippen LogP contribution in [0.4, 0.5) is 11.4 Å². The van der Waals surface area contributed by atoms with Crippen LogP contribution in [0.25, 0.3) is 0 Å². The van der Waals surface area contributed by atoms with Gasteiger partial charge in [-0.25, -0.2) is 0 Å². The first kappa shape index (κ1) is 15.9. The van der Waals surface area contributed by atoms with E-state index in [9.17, 15) is 10.1 Å². The molecule has 0 saturated heterocycles. The Morgan fingerprint density at radius 2 is 2.25 bits per heavy atom. The van der Waals surface area contributed by atoms with Crippen LogP contribution in [0, 0.1) is 27.4 Å². The molecule has 0 aliphatic carbocycles. The molecule has 0 aliphatic rings. The van der Waals surface area contributed by atoms with Crippen LogP contribution in [-0.2, 0) is 0 Å². The Bertz CT molecular complexity index is 491. The second-order valence-electron chi connectivity index (χ2n) is 4.65. The molecule has 1 atom stereocenters. The van der Waals surface area contributed by atoms with Crippen molar-refractivity contribution >= 4 is 11.4 Å². The first-order chi connectivity index (χ1) is 9.62. The minimum atomic E-state index is -0.562. The van der Waals surface area contributed by atoms with Crippen LogP contribution in [0.3, 0.4) is 0 Å². The largest absolute Gasteiger partial charge is 0.396 e. The summed E-state index contributed by atoms with van der Waals surface area (Å²) in [6.45, 7) is 2.91. The first-order valence-corrected chi connectivity index (χ1v) is 6.65. The highest BCUT2D eigenvalue weighted by atomic mass is 16.6. The van der Waals surface area contributed by atoms with Crippen LogP contribution in [0.2, 0.25) is 0 Å². The quantitative estimate of drug-likeness (QED) is 0.562. The highest BCUT2D eigenvalue weighted by Gasteiger charge is 2.14. The monoisotopic (exact) mass is 277 g/mol. The third kappa shape index (κ3) is 4.52. The zero-order valence-corrected chi connectivity index (χ0v) is 11.5.